The summed E-state index contributed by atoms with van der Waals surface area (Å²) in [7, 11) is 0. The molecule has 0 aliphatic carbocycles. The highest BCUT2D eigenvalue weighted by molar-refractivity contribution is 8.03. The number of carboxylic acids is 1. The Balaban J connectivity index is 2.53. The number of nitrogens with one attached hydrogen (secondary N) is 1. The van der Waals surface area contributed by atoms with E-state index in [-0.39, 0.29) is 9.49 Å². The molecule has 1 aliphatic rings. The van der Waals surface area contributed by atoms with Gasteiger partial charge in [-0.05, 0) is 19.3 Å². The number of nitrogens with two attached hydrogens (primary N) is 1. The van der Waals surface area contributed by atoms with Gasteiger partial charge in [0.25, 0.3) is 0 Å². The number of aliphatic hydroxyl groups excluding tert-OH is 1. The number of amides is 1. The zero-order valence-electron chi connectivity index (χ0n) is 13.9. The number of hydrogen-bond donors (Lipinski definition) is 4. The number of aliphatic hydroxyl groups is 1. The van der Waals surface area contributed by atoms with Crippen LogP contribution in [0.3, 0.4) is 0 Å². The molecule has 1 fully saturated rings. The lowest BCUT2D eigenvalue weighted by Gasteiger charge is -2.58. The molecule has 1 amide bonds. The minimum atomic E-state index is -1.12. The van der Waals surface area contributed by atoms with Crippen molar-refractivity contribution in [2.75, 3.05) is 0 Å². The summed E-state index contributed by atoms with van der Waals surface area (Å²) in [5.41, 5.74) is 5.51. The normalized spacial score (nSPS) is 24.0. The number of carbonyl (C=O) groups is 2. The summed E-state index contributed by atoms with van der Waals surface area (Å²) in [6.45, 7) is 10.3. The van der Waals surface area contributed by atoms with Gasteiger partial charge in [0.15, 0.2) is 0 Å². The molecule has 22 heavy (non-hydrogen) atoms. The highest BCUT2D eigenvalue weighted by Gasteiger charge is 2.54. The average Bonchev–Trinajstić information content (AvgIpc) is 2.32. The highest BCUT2D eigenvalue weighted by atomic mass is 32.2. The molecule has 0 aromatic carbocycles. The van der Waals surface area contributed by atoms with Crippen LogP contribution in [0.15, 0.2) is 0 Å². The van der Waals surface area contributed by atoms with Crippen LogP contribution in [-0.4, -0.2) is 49.8 Å². The van der Waals surface area contributed by atoms with Crippen molar-refractivity contribution >= 4 is 23.6 Å². The van der Waals surface area contributed by atoms with Crippen molar-refractivity contribution in [3.8, 4) is 0 Å². The van der Waals surface area contributed by atoms with E-state index in [0.717, 1.165) is 0 Å². The molecule has 0 aromatic rings. The van der Waals surface area contributed by atoms with Crippen LogP contribution in [0.5, 0.6) is 0 Å². The van der Waals surface area contributed by atoms with Crippen LogP contribution in [-0.2, 0) is 9.59 Å². The molecule has 3 atom stereocenters. The van der Waals surface area contributed by atoms with Crippen LogP contribution in [0.2, 0.25) is 0 Å². The molecule has 1 heterocycles. The van der Waals surface area contributed by atoms with Crippen LogP contribution < -0.4 is 11.1 Å². The molecule has 0 radical (unpaired) electrons. The number of hydrogen-bond acceptors (Lipinski definition) is 5. The van der Waals surface area contributed by atoms with Gasteiger partial charge in [0.05, 0.1) is 24.6 Å². The molecule has 2 unspecified atom stereocenters. The summed E-state index contributed by atoms with van der Waals surface area (Å²) in [6, 6.07) is -1.57. The van der Waals surface area contributed by atoms with Gasteiger partial charge in [0.2, 0.25) is 5.91 Å². The van der Waals surface area contributed by atoms with Crippen LogP contribution >= 0.6 is 11.8 Å². The largest absolute Gasteiger partial charge is 0.481 e. The van der Waals surface area contributed by atoms with Crippen LogP contribution in [0.4, 0.5) is 0 Å². The van der Waals surface area contributed by atoms with Crippen molar-refractivity contribution in [3.05, 3.63) is 0 Å². The van der Waals surface area contributed by atoms with Gasteiger partial charge in [-0.3, -0.25) is 9.59 Å². The van der Waals surface area contributed by atoms with Gasteiger partial charge >= 0.3 is 5.97 Å². The van der Waals surface area contributed by atoms with Crippen molar-refractivity contribution in [2.24, 2.45) is 11.7 Å². The first-order chi connectivity index (χ1) is 9.86. The maximum atomic E-state index is 11.8. The first-order valence-corrected chi connectivity index (χ1v) is 8.34. The van der Waals surface area contributed by atoms with Gasteiger partial charge in [0, 0.05) is 9.49 Å². The minimum absolute atomic E-state index is 0.105. The van der Waals surface area contributed by atoms with Gasteiger partial charge in [-0.1, -0.05) is 27.7 Å². The molecule has 7 heteroatoms. The maximum absolute atomic E-state index is 11.8. The Bertz CT molecular complexity index is 425. The topological polar surface area (TPSA) is 113 Å². The van der Waals surface area contributed by atoms with Gasteiger partial charge in [-0.25, -0.2) is 0 Å². The van der Waals surface area contributed by atoms with E-state index < -0.39 is 36.5 Å². The number of carboxylic acid groups (broad SMARTS) is 1. The van der Waals surface area contributed by atoms with Crippen molar-refractivity contribution in [3.63, 3.8) is 0 Å². The maximum Gasteiger partial charge on any atom is 0.305 e. The van der Waals surface area contributed by atoms with E-state index in [9.17, 15) is 14.7 Å². The lowest BCUT2D eigenvalue weighted by molar-refractivity contribution is -0.139. The Hall–Kier alpha value is -0.790. The van der Waals surface area contributed by atoms with E-state index >= 15 is 0 Å². The van der Waals surface area contributed by atoms with Crippen molar-refractivity contribution in [2.45, 2.75) is 75.1 Å². The number of carbonyl (C=O) groups excluding carboxylic acids is 1. The second-order valence-corrected chi connectivity index (χ2v) is 9.47. The van der Waals surface area contributed by atoms with Gasteiger partial charge in [-0.15, -0.1) is 11.8 Å². The van der Waals surface area contributed by atoms with Crippen LogP contribution in [0.1, 0.15) is 47.5 Å². The molecule has 128 valence electrons. The Kier molecular flexibility index (Phi) is 5.92. The molecule has 0 bridgehead atoms. The van der Waals surface area contributed by atoms with Crippen molar-refractivity contribution in [1.82, 2.24) is 5.32 Å². The standard InChI is InChI=1S/C15H28N2O4S/c1-8(17-13(21)9(16)6-12(19)20)10(18)7-11-14(2,3)22-15(11,4)5/h8-11,18H,6-7,16H2,1-5H3,(H,17,21)(H,19,20)/t8?,9-,10?/m0/s1. The Morgan fingerprint density at radius 2 is 1.77 bits per heavy atom. The summed E-state index contributed by atoms with van der Waals surface area (Å²) in [6.07, 6.45) is -0.526. The molecule has 5 N–H and O–H groups in total. The minimum Gasteiger partial charge on any atom is -0.481 e. The Morgan fingerprint density at radius 1 is 1.27 bits per heavy atom. The summed E-state index contributed by atoms with van der Waals surface area (Å²) in [5, 5.41) is 21.6. The Morgan fingerprint density at radius 3 is 2.18 bits per heavy atom. The van der Waals surface area contributed by atoms with E-state index in [1.807, 2.05) is 11.8 Å². The quantitative estimate of drug-likeness (QED) is 0.552. The number of aliphatic carboxylic acids is 1. The molecular formula is C15H28N2O4S. The molecular weight excluding hydrogens is 304 g/mol. The zero-order valence-corrected chi connectivity index (χ0v) is 14.7. The highest BCUT2D eigenvalue weighted by Crippen LogP contribution is 2.60. The predicted molar refractivity (Wildman–Crippen MR) is 87.7 cm³/mol. The molecule has 1 aliphatic heterocycles. The van der Waals surface area contributed by atoms with E-state index in [4.69, 9.17) is 10.8 Å². The SMILES string of the molecule is CC(NC(=O)[C@@H](N)CC(=O)O)C(O)CC1C(C)(C)SC1(C)C. The second-order valence-electron chi connectivity index (χ2n) is 7.17. The molecule has 1 saturated heterocycles. The molecule has 6 nitrogen and oxygen atoms in total. The Labute approximate surface area is 136 Å². The van der Waals surface area contributed by atoms with E-state index in [0.29, 0.717) is 12.3 Å². The number of thioether (sulfide) groups is 1. The van der Waals surface area contributed by atoms with Crippen LogP contribution in [0, 0.1) is 5.92 Å². The van der Waals surface area contributed by atoms with E-state index in [2.05, 4.69) is 33.0 Å². The monoisotopic (exact) mass is 332 g/mol. The fourth-order valence-corrected chi connectivity index (χ4v) is 5.56. The van der Waals surface area contributed by atoms with E-state index in [1.165, 1.54) is 0 Å². The summed E-state index contributed by atoms with van der Waals surface area (Å²) in [4.78, 5) is 22.4. The fraction of sp³-hybridized carbons (Fsp3) is 0.867. The third kappa shape index (κ3) is 4.60. The summed E-state index contributed by atoms with van der Waals surface area (Å²) in [5.74, 6) is -1.33. The van der Waals surface area contributed by atoms with Gasteiger partial charge in [0.1, 0.15) is 0 Å². The molecule has 0 aromatic heterocycles. The molecule has 1 rings (SSSR count). The first kappa shape index (κ1) is 19.3. The zero-order chi connectivity index (χ0) is 17.3. The van der Waals surface area contributed by atoms with Crippen molar-refractivity contribution in [1.29, 1.82) is 0 Å². The lowest BCUT2D eigenvalue weighted by atomic mass is 9.77. The van der Waals surface area contributed by atoms with Crippen LogP contribution in [0.25, 0.3) is 0 Å². The fourth-order valence-electron chi connectivity index (χ4n) is 3.32. The number of rotatable bonds is 7. The second kappa shape index (κ2) is 6.76. The van der Waals surface area contributed by atoms with E-state index in [1.54, 1.807) is 6.92 Å². The first-order valence-electron chi connectivity index (χ1n) is 7.53. The predicted octanol–water partition coefficient (Wildman–Crippen LogP) is 0.964. The average molecular weight is 332 g/mol. The molecule has 0 saturated carbocycles. The lowest BCUT2D eigenvalue weighted by Crippen LogP contribution is -2.57. The third-order valence-electron chi connectivity index (χ3n) is 4.36. The summed E-state index contributed by atoms with van der Waals surface area (Å²) >= 11 is 1.89. The smallest absolute Gasteiger partial charge is 0.305 e. The van der Waals surface area contributed by atoms with Crippen molar-refractivity contribution < 1.29 is 19.8 Å². The third-order valence-corrected chi connectivity index (χ3v) is 5.98. The van der Waals surface area contributed by atoms with Gasteiger partial charge in [-0.2, -0.15) is 0 Å². The van der Waals surface area contributed by atoms with Gasteiger partial charge < -0.3 is 21.3 Å². The summed E-state index contributed by atoms with van der Waals surface area (Å²) < 4.78 is 0.210. The molecule has 0 spiro atoms.